The van der Waals surface area contributed by atoms with Gasteiger partial charge in [0.05, 0.1) is 4.47 Å². The molecule has 18 heavy (non-hydrogen) atoms. The topological polar surface area (TPSA) is 78.9 Å². The zero-order valence-corrected chi connectivity index (χ0v) is 11.2. The maximum absolute atomic E-state index is 11.2. The van der Waals surface area contributed by atoms with Gasteiger partial charge in [-0.3, -0.25) is 0 Å². The van der Waals surface area contributed by atoms with Crippen molar-refractivity contribution in [3.63, 3.8) is 0 Å². The van der Waals surface area contributed by atoms with E-state index < -0.39 is 5.97 Å². The summed E-state index contributed by atoms with van der Waals surface area (Å²) < 4.78 is 0.433. The fourth-order valence-electron chi connectivity index (χ4n) is 1.68. The number of hydrogen-bond donors (Lipinski definition) is 2. The standard InChI is InChI=1S/C11H6BrN3O2S/c12-6-3-13-10-8(7(6)11(16)17)14-9(15-10)5-1-2-18-4-5/h1-4H,(H,16,17)(H,13,14,15). The molecule has 0 atom stereocenters. The van der Waals surface area contributed by atoms with E-state index in [-0.39, 0.29) is 5.56 Å². The number of hydrogen-bond acceptors (Lipinski definition) is 4. The minimum absolute atomic E-state index is 0.147. The molecule has 0 spiro atoms. The zero-order valence-electron chi connectivity index (χ0n) is 8.85. The van der Waals surface area contributed by atoms with Gasteiger partial charge in [-0.05, 0) is 27.4 Å². The van der Waals surface area contributed by atoms with Gasteiger partial charge in [0, 0.05) is 17.1 Å². The van der Waals surface area contributed by atoms with E-state index in [9.17, 15) is 9.90 Å². The van der Waals surface area contributed by atoms with Gasteiger partial charge >= 0.3 is 5.97 Å². The number of fused-ring (bicyclic) bond motifs is 1. The fourth-order valence-corrected chi connectivity index (χ4v) is 2.79. The number of nitrogens with one attached hydrogen (secondary N) is 1. The maximum atomic E-state index is 11.2. The molecule has 7 heteroatoms. The first-order valence-electron chi connectivity index (χ1n) is 4.97. The number of aromatic carboxylic acids is 1. The summed E-state index contributed by atoms with van der Waals surface area (Å²) in [5.74, 6) is -0.394. The first-order chi connectivity index (χ1) is 8.66. The Morgan fingerprint density at radius 1 is 1.50 bits per heavy atom. The molecule has 0 aliphatic carbocycles. The molecule has 3 aromatic rings. The molecular formula is C11H6BrN3O2S. The van der Waals surface area contributed by atoms with Crippen molar-refractivity contribution in [2.45, 2.75) is 0 Å². The number of carbonyl (C=O) groups is 1. The summed E-state index contributed by atoms with van der Waals surface area (Å²) >= 11 is 4.74. The van der Waals surface area contributed by atoms with Crippen molar-refractivity contribution < 1.29 is 9.90 Å². The predicted octanol–water partition coefficient (Wildman–Crippen LogP) is 3.15. The lowest BCUT2D eigenvalue weighted by atomic mass is 10.2. The Hall–Kier alpha value is -1.73. The minimum Gasteiger partial charge on any atom is -0.478 e. The van der Waals surface area contributed by atoms with Crippen LogP contribution < -0.4 is 0 Å². The van der Waals surface area contributed by atoms with Crippen molar-refractivity contribution in [3.8, 4) is 11.4 Å². The molecule has 3 rings (SSSR count). The molecule has 2 N–H and O–H groups in total. The van der Waals surface area contributed by atoms with Crippen LogP contribution in [0.3, 0.4) is 0 Å². The van der Waals surface area contributed by atoms with Crippen LogP contribution in [-0.4, -0.2) is 26.0 Å². The summed E-state index contributed by atoms with van der Waals surface area (Å²) in [6.07, 6.45) is 1.45. The van der Waals surface area contributed by atoms with E-state index in [1.165, 1.54) is 6.20 Å². The SMILES string of the molecule is O=C(O)c1c(Br)cnc2nc(-c3ccsc3)[nH]c12. The van der Waals surface area contributed by atoms with E-state index in [1.54, 1.807) is 11.3 Å². The molecule has 0 amide bonds. The molecular weight excluding hydrogens is 318 g/mol. The second-order valence-corrected chi connectivity index (χ2v) is 5.22. The van der Waals surface area contributed by atoms with Crippen LogP contribution in [0.15, 0.2) is 27.5 Å². The van der Waals surface area contributed by atoms with Crippen LogP contribution in [0.2, 0.25) is 0 Å². The van der Waals surface area contributed by atoms with Crippen molar-refractivity contribution >= 4 is 44.4 Å². The lowest BCUT2D eigenvalue weighted by Crippen LogP contribution is -2.00. The van der Waals surface area contributed by atoms with E-state index in [4.69, 9.17) is 0 Å². The average Bonchev–Trinajstić information content (AvgIpc) is 2.95. The van der Waals surface area contributed by atoms with Crippen LogP contribution in [0.1, 0.15) is 10.4 Å². The van der Waals surface area contributed by atoms with Crippen LogP contribution in [0.5, 0.6) is 0 Å². The monoisotopic (exact) mass is 323 g/mol. The van der Waals surface area contributed by atoms with Gasteiger partial charge < -0.3 is 10.1 Å². The van der Waals surface area contributed by atoms with Crippen LogP contribution in [0.25, 0.3) is 22.6 Å². The fraction of sp³-hybridized carbons (Fsp3) is 0. The lowest BCUT2D eigenvalue weighted by molar-refractivity contribution is 0.0698. The summed E-state index contributed by atoms with van der Waals surface area (Å²) in [5, 5.41) is 13.1. The van der Waals surface area contributed by atoms with Crippen LogP contribution in [0.4, 0.5) is 0 Å². The quantitative estimate of drug-likeness (QED) is 0.759. The Kier molecular flexibility index (Phi) is 2.64. The molecule has 3 heterocycles. The van der Waals surface area contributed by atoms with Crippen molar-refractivity contribution in [2.24, 2.45) is 0 Å². The summed E-state index contributed by atoms with van der Waals surface area (Å²) in [7, 11) is 0. The summed E-state index contributed by atoms with van der Waals surface area (Å²) in [6.45, 7) is 0. The smallest absolute Gasteiger partial charge is 0.339 e. The van der Waals surface area contributed by atoms with Gasteiger partial charge in [0.25, 0.3) is 0 Å². The maximum Gasteiger partial charge on any atom is 0.339 e. The van der Waals surface area contributed by atoms with E-state index in [0.717, 1.165) is 5.56 Å². The van der Waals surface area contributed by atoms with E-state index in [2.05, 4.69) is 30.9 Å². The number of carboxylic acids is 1. The number of imidazole rings is 1. The molecule has 0 bridgehead atoms. The van der Waals surface area contributed by atoms with Gasteiger partial charge in [0.1, 0.15) is 16.9 Å². The van der Waals surface area contributed by atoms with Crippen LogP contribution >= 0.6 is 27.3 Å². The van der Waals surface area contributed by atoms with Gasteiger partial charge in [-0.2, -0.15) is 11.3 Å². The largest absolute Gasteiger partial charge is 0.478 e. The molecule has 0 aliphatic heterocycles. The molecule has 5 nitrogen and oxygen atoms in total. The van der Waals surface area contributed by atoms with Gasteiger partial charge in [-0.25, -0.2) is 14.8 Å². The Morgan fingerprint density at radius 2 is 2.33 bits per heavy atom. The molecule has 0 radical (unpaired) electrons. The number of nitrogens with zero attached hydrogens (tertiary/aromatic N) is 2. The molecule has 0 aromatic carbocycles. The molecule has 0 unspecified atom stereocenters. The number of H-pyrrole nitrogens is 1. The van der Waals surface area contributed by atoms with E-state index >= 15 is 0 Å². The number of rotatable bonds is 2. The highest BCUT2D eigenvalue weighted by Gasteiger charge is 2.17. The average molecular weight is 324 g/mol. The Labute approximate surface area is 114 Å². The van der Waals surface area contributed by atoms with Crippen LogP contribution in [0, 0.1) is 0 Å². The predicted molar refractivity (Wildman–Crippen MR) is 71.9 cm³/mol. The molecule has 0 saturated carbocycles. The van der Waals surface area contributed by atoms with Crippen molar-refractivity contribution in [1.29, 1.82) is 0 Å². The highest BCUT2D eigenvalue weighted by atomic mass is 79.9. The third kappa shape index (κ3) is 1.72. The summed E-state index contributed by atoms with van der Waals surface area (Å²) in [4.78, 5) is 22.6. The van der Waals surface area contributed by atoms with Crippen LogP contribution in [-0.2, 0) is 0 Å². The number of thiophene rings is 1. The number of aromatic amines is 1. The first kappa shape index (κ1) is 11.4. The first-order valence-corrected chi connectivity index (χ1v) is 6.70. The Balaban J connectivity index is 2.30. The molecule has 3 aromatic heterocycles. The second-order valence-electron chi connectivity index (χ2n) is 3.58. The summed E-state index contributed by atoms with van der Waals surface area (Å²) in [5.41, 5.74) is 1.90. The molecule has 90 valence electrons. The Morgan fingerprint density at radius 3 is 3.00 bits per heavy atom. The van der Waals surface area contributed by atoms with Gasteiger partial charge in [0.15, 0.2) is 5.65 Å². The molecule has 0 fully saturated rings. The van der Waals surface area contributed by atoms with Gasteiger partial charge in [-0.15, -0.1) is 0 Å². The third-order valence-corrected chi connectivity index (χ3v) is 3.77. The van der Waals surface area contributed by atoms with E-state index in [1.807, 2.05) is 16.8 Å². The van der Waals surface area contributed by atoms with Crippen molar-refractivity contribution in [1.82, 2.24) is 15.0 Å². The number of carboxylic acid groups (broad SMARTS) is 1. The molecule has 0 aliphatic rings. The highest BCUT2D eigenvalue weighted by molar-refractivity contribution is 9.10. The highest BCUT2D eigenvalue weighted by Crippen LogP contribution is 2.27. The molecule has 0 saturated heterocycles. The lowest BCUT2D eigenvalue weighted by Gasteiger charge is -1.98. The van der Waals surface area contributed by atoms with Gasteiger partial charge in [-0.1, -0.05) is 0 Å². The zero-order chi connectivity index (χ0) is 12.7. The number of aromatic nitrogens is 3. The number of pyridine rings is 1. The van der Waals surface area contributed by atoms with E-state index in [0.29, 0.717) is 21.5 Å². The third-order valence-electron chi connectivity index (χ3n) is 2.48. The Bertz CT molecular complexity index is 736. The minimum atomic E-state index is -1.02. The van der Waals surface area contributed by atoms with Crippen molar-refractivity contribution in [2.75, 3.05) is 0 Å². The second kappa shape index (κ2) is 4.18. The summed E-state index contributed by atoms with van der Waals surface area (Å²) in [6, 6.07) is 1.91. The number of halogens is 1. The normalized spacial score (nSPS) is 10.9. The van der Waals surface area contributed by atoms with Gasteiger partial charge in [0.2, 0.25) is 0 Å². The van der Waals surface area contributed by atoms with Crippen molar-refractivity contribution in [3.05, 3.63) is 33.1 Å².